The Hall–Kier alpha value is -0.450. The van der Waals surface area contributed by atoms with Gasteiger partial charge >= 0.3 is 0 Å². The summed E-state index contributed by atoms with van der Waals surface area (Å²) in [6.07, 6.45) is 4.55. The van der Waals surface area contributed by atoms with Crippen LogP contribution < -0.4 is 5.32 Å². The van der Waals surface area contributed by atoms with Crippen LogP contribution in [-0.4, -0.2) is 35.6 Å². The maximum absolute atomic E-state index is 4.55. The van der Waals surface area contributed by atoms with Gasteiger partial charge in [-0.25, -0.2) is 4.98 Å². The number of nitrogens with one attached hydrogen (secondary N) is 1. The monoisotopic (exact) mass is 281 g/mol. The van der Waals surface area contributed by atoms with E-state index >= 15 is 0 Å². The molecule has 1 aromatic heterocycles. The minimum Gasteiger partial charge on any atom is -0.309 e. The second-order valence-electron chi connectivity index (χ2n) is 6.81. The molecule has 0 spiro atoms. The largest absolute Gasteiger partial charge is 0.309 e. The summed E-state index contributed by atoms with van der Waals surface area (Å²) in [6, 6.07) is 1.35. The Morgan fingerprint density at radius 2 is 2.21 bits per heavy atom. The fraction of sp³-hybridized carbons (Fsp3) is 0.800. The summed E-state index contributed by atoms with van der Waals surface area (Å²) in [5.41, 5.74) is 0.172. The Morgan fingerprint density at radius 1 is 1.47 bits per heavy atom. The standard InChI is InChI=1S/C15H27N3S/c1-11-8-12(6-7-18(11)5)16-9-13-10-17-14(19-13)15(2,3)4/h10-12,16H,6-9H2,1-5H3. The molecule has 0 amide bonds. The van der Waals surface area contributed by atoms with Crippen molar-refractivity contribution in [3.05, 3.63) is 16.1 Å². The molecule has 2 heterocycles. The van der Waals surface area contributed by atoms with Gasteiger partial charge in [-0.15, -0.1) is 11.3 Å². The minimum atomic E-state index is 0.172. The molecule has 1 saturated heterocycles. The number of likely N-dealkylation sites (tertiary alicyclic amines) is 1. The summed E-state index contributed by atoms with van der Waals surface area (Å²) in [6.45, 7) is 11.2. The van der Waals surface area contributed by atoms with Crippen LogP contribution in [0.2, 0.25) is 0 Å². The highest BCUT2D eigenvalue weighted by Crippen LogP contribution is 2.27. The highest BCUT2D eigenvalue weighted by molar-refractivity contribution is 7.11. The lowest BCUT2D eigenvalue weighted by molar-refractivity contribution is 0.168. The summed E-state index contributed by atoms with van der Waals surface area (Å²) in [5.74, 6) is 0. The summed E-state index contributed by atoms with van der Waals surface area (Å²) in [5, 5.41) is 4.93. The first-order chi connectivity index (χ1) is 8.86. The van der Waals surface area contributed by atoms with Crippen molar-refractivity contribution in [3.8, 4) is 0 Å². The van der Waals surface area contributed by atoms with Gasteiger partial charge in [0.1, 0.15) is 0 Å². The van der Waals surface area contributed by atoms with E-state index in [9.17, 15) is 0 Å². The first-order valence-corrected chi connectivity index (χ1v) is 8.06. The van der Waals surface area contributed by atoms with Crippen LogP contribution in [0.3, 0.4) is 0 Å². The third-order valence-corrected chi connectivity index (χ3v) is 5.39. The van der Waals surface area contributed by atoms with E-state index < -0.39 is 0 Å². The average molecular weight is 281 g/mol. The molecule has 0 bridgehead atoms. The van der Waals surface area contributed by atoms with Crippen LogP contribution in [0.25, 0.3) is 0 Å². The van der Waals surface area contributed by atoms with E-state index in [-0.39, 0.29) is 5.41 Å². The van der Waals surface area contributed by atoms with Crippen molar-refractivity contribution in [1.29, 1.82) is 0 Å². The topological polar surface area (TPSA) is 28.2 Å². The van der Waals surface area contributed by atoms with Crippen LogP contribution in [0.5, 0.6) is 0 Å². The zero-order chi connectivity index (χ0) is 14.0. The van der Waals surface area contributed by atoms with Crippen LogP contribution >= 0.6 is 11.3 Å². The third-order valence-electron chi connectivity index (χ3n) is 3.97. The van der Waals surface area contributed by atoms with Crippen molar-refractivity contribution in [2.75, 3.05) is 13.6 Å². The number of aromatic nitrogens is 1. The second kappa shape index (κ2) is 5.90. The number of piperidine rings is 1. The molecule has 1 aliphatic heterocycles. The van der Waals surface area contributed by atoms with Gasteiger partial charge in [0.05, 0.1) is 5.01 Å². The van der Waals surface area contributed by atoms with Crippen molar-refractivity contribution in [1.82, 2.24) is 15.2 Å². The molecule has 2 unspecified atom stereocenters. The molecule has 1 aromatic rings. The SMILES string of the molecule is CC1CC(NCc2cnc(C(C)(C)C)s2)CCN1C. The number of nitrogens with zero attached hydrogens (tertiary/aromatic N) is 2. The van der Waals surface area contributed by atoms with Gasteiger partial charge in [0, 0.05) is 35.1 Å². The Balaban J connectivity index is 1.84. The van der Waals surface area contributed by atoms with Gasteiger partial charge in [0.15, 0.2) is 0 Å². The van der Waals surface area contributed by atoms with E-state index in [0.29, 0.717) is 12.1 Å². The average Bonchev–Trinajstić information content (AvgIpc) is 2.79. The summed E-state index contributed by atoms with van der Waals surface area (Å²) >= 11 is 1.85. The van der Waals surface area contributed by atoms with Gasteiger partial charge < -0.3 is 10.2 Å². The third kappa shape index (κ3) is 4.01. The minimum absolute atomic E-state index is 0.172. The Kier molecular flexibility index (Phi) is 4.64. The zero-order valence-corrected chi connectivity index (χ0v) is 13.7. The van der Waals surface area contributed by atoms with E-state index in [2.05, 4.69) is 49.9 Å². The molecule has 1 aliphatic rings. The molecular formula is C15H27N3S. The quantitative estimate of drug-likeness (QED) is 0.923. The zero-order valence-electron chi connectivity index (χ0n) is 12.9. The maximum atomic E-state index is 4.55. The molecule has 3 nitrogen and oxygen atoms in total. The lowest BCUT2D eigenvalue weighted by Gasteiger charge is -2.35. The van der Waals surface area contributed by atoms with Gasteiger partial charge in [0.2, 0.25) is 0 Å². The molecule has 2 atom stereocenters. The van der Waals surface area contributed by atoms with Crippen LogP contribution in [0, 0.1) is 0 Å². The van der Waals surface area contributed by atoms with Crippen LogP contribution in [-0.2, 0) is 12.0 Å². The van der Waals surface area contributed by atoms with Crippen molar-refractivity contribution in [3.63, 3.8) is 0 Å². The summed E-state index contributed by atoms with van der Waals surface area (Å²) in [7, 11) is 2.22. The van der Waals surface area contributed by atoms with Crippen molar-refractivity contribution in [2.45, 2.75) is 64.6 Å². The summed E-state index contributed by atoms with van der Waals surface area (Å²) in [4.78, 5) is 8.35. The fourth-order valence-electron chi connectivity index (χ4n) is 2.46. The van der Waals surface area contributed by atoms with Crippen LogP contribution in [0.4, 0.5) is 0 Å². The molecule has 0 saturated carbocycles. The maximum Gasteiger partial charge on any atom is 0.0981 e. The van der Waals surface area contributed by atoms with E-state index in [1.54, 1.807) is 0 Å². The number of hydrogen-bond acceptors (Lipinski definition) is 4. The Labute approximate surface area is 121 Å². The molecular weight excluding hydrogens is 254 g/mol. The predicted octanol–water partition coefficient (Wildman–Crippen LogP) is 3.01. The molecule has 2 rings (SSSR count). The molecule has 0 aromatic carbocycles. The molecule has 4 heteroatoms. The molecule has 0 aliphatic carbocycles. The molecule has 1 N–H and O–H groups in total. The predicted molar refractivity (Wildman–Crippen MR) is 82.8 cm³/mol. The highest BCUT2D eigenvalue weighted by atomic mass is 32.1. The van der Waals surface area contributed by atoms with E-state index in [4.69, 9.17) is 0 Å². The van der Waals surface area contributed by atoms with Gasteiger partial charge in [-0.05, 0) is 33.4 Å². The first-order valence-electron chi connectivity index (χ1n) is 7.25. The fourth-order valence-corrected chi connectivity index (χ4v) is 3.38. The van der Waals surface area contributed by atoms with Crippen molar-refractivity contribution in [2.24, 2.45) is 0 Å². The molecule has 1 fully saturated rings. The van der Waals surface area contributed by atoms with Gasteiger partial charge in [-0.1, -0.05) is 20.8 Å². The first kappa shape index (κ1) is 14.9. The van der Waals surface area contributed by atoms with Gasteiger partial charge in [-0.2, -0.15) is 0 Å². The van der Waals surface area contributed by atoms with E-state index in [1.165, 1.54) is 29.3 Å². The smallest absolute Gasteiger partial charge is 0.0981 e. The Morgan fingerprint density at radius 3 is 2.79 bits per heavy atom. The van der Waals surface area contributed by atoms with Crippen molar-refractivity contribution < 1.29 is 0 Å². The van der Waals surface area contributed by atoms with Gasteiger partial charge in [0.25, 0.3) is 0 Å². The Bertz CT molecular complexity index is 408. The molecule has 108 valence electrons. The lowest BCUT2D eigenvalue weighted by Crippen LogP contribution is -2.45. The van der Waals surface area contributed by atoms with E-state index in [1.807, 2.05) is 17.5 Å². The second-order valence-corrected chi connectivity index (χ2v) is 7.93. The molecule has 19 heavy (non-hydrogen) atoms. The lowest BCUT2D eigenvalue weighted by atomic mass is 9.98. The van der Waals surface area contributed by atoms with Crippen molar-refractivity contribution >= 4 is 11.3 Å². The van der Waals surface area contributed by atoms with E-state index in [0.717, 1.165) is 6.54 Å². The normalized spacial score (nSPS) is 25.7. The van der Waals surface area contributed by atoms with Crippen LogP contribution in [0.15, 0.2) is 6.20 Å². The highest BCUT2D eigenvalue weighted by Gasteiger charge is 2.23. The van der Waals surface area contributed by atoms with Crippen LogP contribution in [0.1, 0.15) is 50.4 Å². The number of hydrogen-bond donors (Lipinski definition) is 1. The van der Waals surface area contributed by atoms with Gasteiger partial charge in [-0.3, -0.25) is 0 Å². The number of rotatable bonds is 3. The number of thiazole rings is 1. The molecule has 0 radical (unpaired) electrons. The summed E-state index contributed by atoms with van der Waals surface area (Å²) < 4.78 is 0.